The smallest absolute Gasteiger partial charge is 0.265 e. The Balaban J connectivity index is 1.90. The molecule has 0 aliphatic heterocycles. The van der Waals surface area contributed by atoms with Crippen LogP contribution in [0.15, 0.2) is 65.6 Å². The molecule has 3 aromatic carbocycles. The van der Waals surface area contributed by atoms with Gasteiger partial charge in [0.15, 0.2) is 0 Å². The zero-order valence-corrected chi connectivity index (χ0v) is 19.7. The first-order chi connectivity index (χ1) is 15.8. The predicted molar refractivity (Wildman–Crippen MR) is 127 cm³/mol. The van der Waals surface area contributed by atoms with Gasteiger partial charge in [0.2, 0.25) is 0 Å². The van der Waals surface area contributed by atoms with E-state index in [2.05, 4.69) is 10.0 Å². The molecule has 0 radical (unpaired) electrons. The van der Waals surface area contributed by atoms with Crippen molar-refractivity contribution in [2.75, 3.05) is 31.4 Å². The monoisotopic (exact) mass is 470 g/mol. The first kappa shape index (κ1) is 23.9. The van der Waals surface area contributed by atoms with Gasteiger partial charge in [-0.3, -0.25) is 9.52 Å². The van der Waals surface area contributed by atoms with Crippen molar-refractivity contribution in [2.24, 2.45) is 0 Å². The van der Waals surface area contributed by atoms with E-state index in [0.717, 1.165) is 12.0 Å². The van der Waals surface area contributed by atoms with Crippen LogP contribution in [0.2, 0.25) is 0 Å². The van der Waals surface area contributed by atoms with Crippen LogP contribution in [0.5, 0.6) is 17.2 Å². The van der Waals surface area contributed by atoms with Crippen LogP contribution in [0.4, 0.5) is 11.4 Å². The number of hydrogen-bond acceptors (Lipinski definition) is 6. The topological polar surface area (TPSA) is 103 Å². The molecule has 9 heteroatoms. The van der Waals surface area contributed by atoms with Crippen molar-refractivity contribution in [3.05, 3.63) is 71.8 Å². The summed E-state index contributed by atoms with van der Waals surface area (Å²) in [7, 11) is 0.345. The molecule has 3 rings (SSSR count). The highest BCUT2D eigenvalue weighted by atomic mass is 32.2. The Bertz CT molecular complexity index is 1240. The third kappa shape index (κ3) is 5.56. The van der Waals surface area contributed by atoms with Crippen LogP contribution >= 0.6 is 0 Å². The summed E-state index contributed by atoms with van der Waals surface area (Å²) in [5.74, 6) is 0.582. The van der Waals surface area contributed by atoms with Gasteiger partial charge in [-0.1, -0.05) is 19.1 Å². The van der Waals surface area contributed by atoms with Crippen LogP contribution in [0, 0.1) is 0 Å². The Morgan fingerprint density at radius 2 is 1.55 bits per heavy atom. The fourth-order valence-electron chi connectivity index (χ4n) is 3.14. The second kappa shape index (κ2) is 10.3. The summed E-state index contributed by atoms with van der Waals surface area (Å²) in [6.45, 7) is 2.02. The Hall–Kier alpha value is -3.72. The Labute approximate surface area is 193 Å². The number of anilines is 2. The zero-order valence-electron chi connectivity index (χ0n) is 18.8. The summed E-state index contributed by atoms with van der Waals surface area (Å²) in [6, 6.07) is 16.2. The van der Waals surface area contributed by atoms with Crippen LogP contribution in [0.3, 0.4) is 0 Å². The van der Waals surface area contributed by atoms with Crippen LogP contribution < -0.4 is 24.2 Å². The van der Waals surface area contributed by atoms with E-state index in [1.54, 1.807) is 30.3 Å². The lowest BCUT2D eigenvalue weighted by Gasteiger charge is -2.14. The van der Waals surface area contributed by atoms with E-state index >= 15 is 0 Å². The van der Waals surface area contributed by atoms with Crippen LogP contribution in [0.25, 0.3) is 0 Å². The number of nitrogens with one attached hydrogen (secondary N) is 2. The van der Waals surface area contributed by atoms with Gasteiger partial charge in [0.25, 0.3) is 15.9 Å². The Morgan fingerprint density at radius 3 is 2.15 bits per heavy atom. The summed E-state index contributed by atoms with van der Waals surface area (Å²) < 4.78 is 44.4. The van der Waals surface area contributed by atoms with Gasteiger partial charge in [-0.2, -0.15) is 0 Å². The molecular weight excluding hydrogens is 444 g/mol. The molecule has 0 unspecified atom stereocenters. The molecule has 0 saturated heterocycles. The number of ether oxygens (including phenoxy) is 3. The molecule has 8 nitrogen and oxygen atoms in total. The molecule has 0 spiro atoms. The zero-order chi connectivity index (χ0) is 24.0. The van der Waals surface area contributed by atoms with Crippen molar-refractivity contribution in [1.82, 2.24) is 0 Å². The number of sulfonamides is 1. The highest BCUT2D eigenvalue weighted by Crippen LogP contribution is 2.31. The van der Waals surface area contributed by atoms with Crippen molar-refractivity contribution < 1.29 is 27.4 Å². The van der Waals surface area contributed by atoms with Crippen molar-refractivity contribution in [1.29, 1.82) is 0 Å². The second-order valence-corrected chi connectivity index (χ2v) is 8.69. The molecule has 0 heterocycles. The predicted octanol–water partition coefficient (Wildman–Crippen LogP) is 4.33. The standard InChI is InChI=1S/C24H26N2O6S/c1-5-16-6-9-18(10-7-16)26-33(28,29)23-14-17(8-13-21(23)31-3)24(27)25-20-12-11-19(30-2)15-22(20)32-4/h6-15,26H,5H2,1-4H3,(H,25,27). The SMILES string of the molecule is CCc1ccc(NS(=O)(=O)c2cc(C(=O)Nc3ccc(OC)cc3OC)ccc2OC)cc1. The summed E-state index contributed by atoms with van der Waals surface area (Å²) in [5, 5.41) is 2.73. The lowest BCUT2D eigenvalue weighted by molar-refractivity contribution is 0.102. The molecule has 2 N–H and O–H groups in total. The molecule has 0 fully saturated rings. The van der Waals surface area contributed by atoms with Gasteiger partial charge in [0.1, 0.15) is 22.1 Å². The van der Waals surface area contributed by atoms with Crippen LogP contribution in [-0.2, 0) is 16.4 Å². The van der Waals surface area contributed by atoms with Gasteiger partial charge < -0.3 is 19.5 Å². The highest BCUT2D eigenvalue weighted by molar-refractivity contribution is 7.92. The summed E-state index contributed by atoms with van der Waals surface area (Å²) in [5.41, 5.74) is 2.04. The number of hydrogen-bond donors (Lipinski definition) is 2. The molecule has 0 bridgehead atoms. The highest BCUT2D eigenvalue weighted by Gasteiger charge is 2.22. The minimum absolute atomic E-state index is 0.117. The quantitative estimate of drug-likeness (QED) is 0.483. The van der Waals surface area contributed by atoms with E-state index in [9.17, 15) is 13.2 Å². The van der Waals surface area contributed by atoms with E-state index in [1.807, 2.05) is 19.1 Å². The number of carbonyl (C=O) groups excluding carboxylic acids is 1. The minimum atomic E-state index is -4.02. The maximum atomic E-state index is 13.1. The first-order valence-electron chi connectivity index (χ1n) is 10.1. The number of aryl methyl sites for hydroxylation is 1. The molecule has 0 aliphatic rings. The van der Waals surface area contributed by atoms with Crippen molar-refractivity contribution in [3.8, 4) is 17.2 Å². The molecule has 174 valence electrons. The largest absolute Gasteiger partial charge is 0.497 e. The number of amides is 1. The lowest BCUT2D eigenvalue weighted by atomic mass is 10.2. The molecule has 3 aromatic rings. The summed E-state index contributed by atoms with van der Waals surface area (Å²) in [4.78, 5) is 12.7. The van der Waals surface area contributed by atoms with Crippen molar-refractivity contribution in [3.63, 3.8) is 0 Å². The van der Waals surface area contributed by atoms with Crippen molar-refractivity contribution >= 4 is 27.3 Å². The van der Waals surface area contributed by atoms with E-state index in [-0.39, 0.29) is 16.2 Å². The molecular formula is C24H26N2O6S. The van der Waals surface area contributed by atoms with Gasteiger partial charge in [-0.15, -0.1) is 0 Å². The third-order valence-corrected chi connectivity index (χ3v) is 6.39. The fourth-order valence-corrected chi connectivity index (χ4v) is 4.40. The van der Waals surface area contributed by atoms with Gasteiger partial charge >= 0.3 is 0 Å². The van der Waals surface area contributed by atoms with Crippen LogP contribution in [-0.4, -0.2) is 35.7 Å². The van der Waals surface area contributed by atoms with Gasteiger partial charge in [0, 0.05) is 17.3 Å². The maximum absolute atomic E-state index is 13.1. The Morgan fingerprint density at radius 1 is 0.848 bits per heavy atom. The minimum Gasteiger partial charge on any atom is -0.497 e. The molecule has 0 saturated carbocycles. The van der Waals surface area contributed by atoms with Crippen molar-refractivity contribution in [2.45, 2.75) is 18.2 Å². The van der Waals surface area contributed by atoms with E-state index < -0.39 is 15.9 Å². The molecule has 0 aromatic heterocycles. The third-order valence-electron chi connectivity index (χ3n) is 4.99. The fraction of sp³-hybridized carbons (Fsp3) is 0.208. The number of rotatable bonds is 9. The molecule has 1 amide bonds. The molecule has 33 heavy (non-hydrogen) atoms. The normalized spacial score (nSPS) is 10.9. The van der Waals surface area contributed by atoms with Crippen LogP contribution in [0.1, 0.15) is 22.8 Å². The number of benzene rings is 3. The van der Waals surface area contributed by atoms with Gasteiger partial charge in [0.05, 0.1) is 27.0 Å². The van der Waals surface area contributed by atoms with E-state index in [4.69, 9.17) is 14.2 Å². The average Bonchev–Trinajstić information content (AvgIpc) is 2.84. The Kier molecular flexibility index (Phi) is 7.44. The number of carbonyl (C=O) groups is 1. The van der Waals surface area contributed by atoms with E-state index in [0.29, 0.717) is 22.9 Å². The van der Waals surface area contributed by atoms with E-state index in [1.165, 1.54) is 39.5 Å². The molecule has 0 aliphatic carbocycles. The molecule has 0 atom stereocenters. The lowest BCUT2D eigenvalue weighted by Crippen LogP contribution is -2.17. The second-order valence-electron chi connectivity index (χ2n) is 7.04. The number of methoxy groups -OCH3 is 3. The summed E-state index contributed by atoms with van der Waals surface area (Å²) >= 11 is 0. The van der Waals surface area contributed by atoms with Gasteiger partial charge in [-0.25, -0.2) is 8.42 Å². The summed E-state index contributed by atoms with van der Waals surface area (Å²) in [6.07, 6.45) is 0.844. The van der Waals surface area contributed by atoms with Gasteiger partial charge in [-0.05, 0) is 54.4 Å². The maximum Gasteiger partial charge on any atom is 0.265 e. The average molecular weight is 471 g/mol. The first-order valence-corrected chi connectivity index (χ1v) is 11.6.